The van der Waals surface area contributed by atoms with Gasteiger partial charge >= 0.3 is 5.69 Å². The minimum atomic E-state index is -0.701. The predicted octanol–water partition coefficient (Wildman–Crippen LogP) is 2.70. The summed E-state index contributed by atoms with van der Waals surface area (Å²) >= 11 is 2.78. The van der Waals surface area contributed by atoms with Crippen LogP contribution < -0.4 is 17.0 Å². The van der Waals surface area contributed by atoms with E-state index in [1.54, 1.807) is 18.3 Å². The minimum Gasteiger partial charge on any atom is -0.384 e. The highest BCUT2D eigenvalue weighted by Gasteiger charge is 2.26. The number of carbonyl (C=O) groups is 1. The highest BCUT2D eigenvalue weighted by Crippen LogP contribution is 2.37. The van der Waals surface area contributed by atoms with E-state index in [1.165, 1.54) is 32.2 Å². The van der Waals surface area contributed by atoms with Crippen molar-refractivity contribution in [3.8, 4) is 10.4 Å². The molecule has 3 heterocycles. The van der Waals surface area contributed by atoms with Gasteiger partial charge in [-0.25, -0.2) is 14.8 Å². The first-order valence-electron chi connectivity index (χ1n) is 9.36. The first-order chi connectivity index (χ1) is 14.8. The molecule has 2 N–H and O–H groups in total. The molecule has 31 heavy (non-hydrogen) atoms. The summed E-state index contributed by atoms with van der Waals surface area (Å²) in [6, 6.07) is 12.0. The Morgan fingerprint density at radius 3 is 2.55 bits per heavy atom. The Hall–Kier alpha value is -3.24. The van der Waals surface area contributed by atoms with Gasteiger partial charge in [-0.3, -0.25) is 18.7 Å². The van der Waals surface area contributed by atoms with E-state index in [1.807, 2.05) is 36.4 Å². The SMILES string of the molecule is CC(Sc1ncnc2sc(-c3ccccc3)cc12)C(=O)c1c(N)n(C)c(=O)n(C)c1=O. The van der Waals surface area contributed by atoms with E-state index in [0.29, 0.717) is 5.03 Å². The number of Topliss-reactive ketones (excluding diaryl/α,β-unsaturated/α-hetero) is 1. The van der Waals surface area contributed by atoms with Gasteiger partial charge in [0.2, 0.25) is 0 Å². The fourth-order valence-corrected chi connectivity index (χ4v) is 5.21. The van der Waals surface area contributed by atoms with Crippen LogP contribution in [0, 0.1) is 0 Å². The minimum absolute atomic E-state index is 0.139. The highest BCUT2D eigenvalue weighted by molar-refractivity contribution is 8.00. The molecule has 0 bridgehead atoms. The maximum atomic E-state index is 13.1. The van der Waals surface area contributed by atoms with Crippen LogP contribution in [0.3, 0.4) is 0 Å². The molecule has 8 nitrogen and oxygen atoms in total. The van der Waals surface area contributed by atoms with E-state index in [4.69, 9.17) is 5.73 Å². The number of thiophene rings is 1. The second kappa shape index (κ2) is 8.12. The number of nitrogens with zero attached hydrogens (tertiary/aromatic N) is 4. The van der Waals surface area contributed by atoms with E-state index in [9.17, 15) is 14.4 Å². The van der Waals surface area contributed by atoms with Crippen LogP contribution in [-0.4, -0.2) is 30.1 Å². The predicted molar refractivity (Wildman–Crippen MR) is 124 cm³/mol. The quantitative estimate of drug-likeness (QED) is 0.281. The zero-order valence-electron chi connectivity index (χ0n) is 17.0. The van der Waals surface area contributed by atoms with Gasteiger partial charge in [0.15, 0.2) is 5.78 Å². The number of rotatable bonds is 5. The summed E-state index contributed by atoms with van der Waals surface area (Å²) < 4.78 is 1.98. The molecule has 4 rings (SSSR count). The molecule has 158 valence electrons. The Kier molecular flexibility index (Phi) is 5.50. The fourth-order valence-electron chi connectivity index (χ4n) is 3.19. The van der Waals surface area contributed by atoms with Crippen LogP contribution in [0.2, 0.25) is 0 Å². The van der Waals surface area contributed by atoms with Crippen molar-refractivity contribution in [2.24, 2.45) is 14.1 Å². The van der Waals surface area contributed by atoms with Gasteiger partial charge in [0.05, 0.1) is 5.25 Å². The molecule has 1 atom stereocenters. The van der Waals surface area contributed by atoms with Gasteiger partial charge in [0, 0.05) is 24.4 Å². The van der Waals surface area contributed by atoms with Crippen LogP contribution in [0.1, 0.15) is 17.3 Å². The third-order valence-corrected chi connectivity index (χ3v) is 7.17. The monoisotopic (exact) mass is 453 g/mol. The molecule has 0 fully saturated rings. The summed E-state index contributed by atoms with van der Waals surface area (Å²) in [5.41, 5.74) is 5.54. The molecule has 10 heteroatoms. The molecule has 0 radical (unpaired) electrons. The number of anilines is 1. The molecule has 0 amide bonds. The van der Waals surface area contributed by atoms with Gasteiger partial charge in [-0.15, -0.1) is 11.3 Å². The Labute approximate surface area is 185 Å². The van der Waals surface area contributed by atoms with Crippen LogP contribution in [0.15, 0.2) is 57.3 Å². The van der Waals surface area contributed by atoms with Crippen molar-refractivity contribution < 1.29 is 4.79 Å². The van der Waals surface area contributed by atoms with Gasteiger partial charge in [-0.05, 0) is 18.6 Å². The van der Waals surface area contributed by atoms with Crippen LogP contribution in [0.4, 0.5) is 5.82 Å². The summed E-state index contributed by atoms with van der Waals surface area (Å²) in [7, 11) is 2.75. The first-order valence-corrected chi connectivity index (χ1v) is 11.1. The Morgan fingerprint density at radius 2 is 1.84 bits per heavy atom. The summed E-state index contributed by atoms with van der Waals surface area (Å²) in [5.74, 6) is -0.593. The summed E-state index contributed by atoms with van der Waals surface area (Å²) in [6.07, 6.45) is 1.47. The second-order valence-electron chi connectivity index (χ2n) is 6.96. The zero-order valence-corrected chi connectivity index (χ0v) is 18.7. The average molecular weight is 454 g/mol. The lowest BCUT2D eigenvalue weighted by atomic mass is 10.1. The lowest BCUT2D eigenvalue weighted by Crippen LogP contribution is -2.42. The molecule has 0 aliphatic heterocycles. The number of ketones is 1. The topological polar surface area (TPSA) is 113 Å². The van der Waals surface area contributed by atoms with E-state index < -0.39 is 22.3 Å². The van der Waals surface area contributed by atoms with Crippen molar-refractivity contribution >= 4 is 44.9 Å². The smallest absolute Gasteiger partial charge is 0.332 e. The summed E-state index contributed by atoms with van der Waals surface area (Å²) in [5, 5.41) is 0.840. The van der Waals surface area contributed by atoms with E-state index >= 15 is 0 Å². The number of aromatic nitrogens is 4. The normalized spacial score (nSPS) is 12.2. The molecule has 1 aromatic carbocycles. The third kappa shape index (κ3) is 3.68. The molecule has 0 saturated heterocycles. The summed E-state index contributed by atoms with van der Waals surface area (Å²) in [4.78, 5) is 48.3. The van der Waals surface area contributed by atoms with Gasteiger partial charge in [-0.1, -0.05) is 42.1 Å². The number of benzene rings is 1. The number of carbonyl (C=O) groups excluding carboxylic acids is 1. The van der Waals surface area contributed by atoms with Crippen molar-refractivity contribution in [3.05, 3.63) is 69.1 Å². The Morgan fingerprint density at radius 1 is 1.13 bits per heavy atom. The van der Waals surface area contributed by atoms with Crippen molar-refractivity contribution in [3.63, 3.8) is 0 Å². The second-order valence-corrected chi connectivity index (χ2v) is 9.32. The molecule has 3 aromatic heterocycles. The lowest BCUT2D eigenvalue weighted by molar-refractivity contribution is 0.0992. The van der Waals surface area contributed by atoms with Crippen molar-refractivity contribution in [2.45, 2.75) is 17.2 Å². The van der Waals surface area contributed by atoms with E-state index in [0.717, 1.165) is 29.8 Å². The molecule has 0 aliphatic rings. The van der Waals surface area contributed by atoms with Crippen molar-refractivity contribution in [1.82, 2.24) is 19.1 Å². The Bertz CT molecular complexity index is 1420. The van der Waals surface area contributed by atoms with Crippen LogP contribution in [0.5, 0.6) is 0 Å². The highest BCUT2D eigenvalue weighted by atomic mass is 32.2. The van der Waals surface area contributed by atoms with Crippen LogP contribution in [0.25, 0.3) is 20.7 Å². The molecule has 4 aromatic rings. The Balaban J connectivity index is 1.70. The zero-order chi connectivity index (χ0) is 22.3. The number of hydrogen-bond acceptors (Lipinski definition) is 8. The molecule has 1 unspecified atom stereocenters. The number of nitrogens with two attached hydrogens (primary N) is 1. The molecular weight excluding hydrogens is 434 g/mol. The van der Waals surface area contributed by atoms with E-state index in [-0.39, 0.29) is 11.4 Å². The number of fused-ring (bicyclic) bond motifs is 1. The number of nitrogen functional groups attached to an aromatic ring is 1. The van der Waals surface area contributed by atoms with Gasteiger partial charge in [-0.2, -0.15) is 0 Å². The molecule has 0 saturated carbocycles. The summed E-state index contributed by atoms with van der Waals surface area (Å²) in [6.45, 7) is 1.69. The van der Waals surface area contributed by atoms with Gasteiger partial charge in [0.25, 0.3) is 5.56 Å². The first kappa shape index (κ1) is 21.0. The van der Waals surface area contributed by atoms with Crippen LogP contribution >= 0.6 is 23.1 Å². The van der Waals surface area contributed by atoms with Gasteiger partial charge in [0.1, 0.15) is 27.6 Å². The van der Waals surface area contributed by atoms with E-state index in [2.05, 4.69) is 9.97 Å². The van der Waals surface area contributed by atoms with Gasteiger partial charge < -0.3 is 5.73 Å². The molecule has 0 spiro atoms. The van der Waals surface area contributed by atoms with Crippen molar-refractivity contribution in [2.75, 3.05) is 5.73 Å². The standard InChI is InChI=1S/C21H19N5O3S2/c1-11(16(27)15-17(22)25(2)21(29)26(3)20(15)28)30-18-13-9-14(12-7-5-4-6-8-12)31-19(13)24-10-23-18/h4-11H,22H2,1-3H3. The van der Waals surface area contributed by atoms with Crippen LogP contribution in [-0.2, 0) is 14.1 Å². The maximum Gasteiger partial charge on any atom is 0.332 e. The third-order valence-electron chi connectivity index (χ3n) is 4.97. The fraction of sp³-hybridized carbons (Fsp3) is 0.190. The lowest BCUT2D eigenvalue weighted by Gasteiger charge is -2.14. The van der Waals surface area contributed by atoms with Crippen molar-refractivity contribution in [1.29, 1.82) is 0 Å². The largest absolute Gasteiger partial charge is 0.384 e. The average Bonchev–Trinajstić information content (AvgIpc) is 3.22. The molecular formula is C21H19N5O3S2. The maximum absolute atomic E-state index is 13.1. The molecule has 0 aliphatic carbocycles. The number of thioether (sulfide) groups is 1. The number of hydrogen-bond donors (Lipinski definition) is 1.